The summed E-state index contributed by atoms with van der Waals surface area (Å²) < 4.78 is 5.52. The van der Waals surface area contributed by atoms with E-state index in [0.29, 0.717) is 28.6 Å². The number of carbonyl (C=O) groups excluding carboxylic acids is 1. The third-order valence-corrected chi connectivity index (χ3v) is 2.57. The van der Waals surface area contributed by atoms with Gasteiger partial charge in [0.25, 0.3) is 5.91 Å². The van der Waals surface area contributed by atoms with Crippen molar-refractivity contribution >= 4 is 29.1 Å². The van der Waals surface area contributed by atoms with E-state index < -0.39 is 0 Å². The van der Waals surface area contributed by atoms with Gasteiger partial charge in [0.2, 0.25) is 0 Å². The van der Waals surface area contributed by atoms with Gasteiger partial charge in [-0.05, 0) is 18.2 Å². The fraction of sp³-hybridized carbons (Fsp3) is 0.300. The van der Waals surface area contributed by atoms with Gasteiger partial charge in [-0.15, -0.1) is 11.6 Å². The molecule has 0 saturated heterocycles. The first kappa shape index (κ1) is 10.6. The van der Waals surface area contributed by atoms with Gasteiger partial charge in [-0.1, -0.05) is 11.6 Å². The SMILES string of the molecule is O=C1NC(CCCl)Oc2ccc(Cl)cc21. The van der Waals surface area contributed by atoms with Crippen LogP contribution in [0.25, 0.3) is 0 Å². The molecule has 0 aliphatic carbocycles. The lowest BCUT2D eigenvalue weighted by molar-refractivity contribution is 0.0752. The van der Waals surface area contributed by atoms with Crippen molar-refractivity contribution in [2.45, 2.75) is 12.6 Å². The number of amides is 1. The maximum absolute atomic E-state index is 11.6. The zero-order valence-corrected chi connectivity index (χ0v) is 9.31. The summed E-state index contributed by atoms with van der Waals surface area (Å²) in [6, 6.07) is 4.97. The molecule has 1 amide bonds. The molecule has 1 aliphatic rings. The Labute approximate surface area is 97.3 Å². The van der Waals surface area contributed by atoms with E-state index >= 15 is 0 Å². The van der Waals surface area contributed by atoms with Gasteiger partial charge < -0.3 is 10.1 Å². The molecular formula is C10H9Cl2NO2. The van der Waals surface area contributed by atoms with Crippen molar-refractivity contribution in [2.75, 3.05) is 5.88 Å². The van der Waals surface area contributed by atoms with Gasteiger partial charge in [0.05, 0.1) is 5.56 Å². The first-order chi connectivity index (χ1) is 7.20. The number of ether oxygens (including phenoxy) is 1. The predicted octanol–water partition coefficient (Wildman–Crippen LogP) is 2.42. The van der Waals surface area contributed by atoms with Crippen LogP contribution in [0.1, 0.15) is 16.8 Å². The van der Waals surface area contributed by atoms with E-state index in [0.717, 1.165) is 0 Å². The number of carbonyl (C=O) groups is 1. The molecule has 0 radical (unpaired) electrons. The molecule has 1 N–H and O–H groups in total. The normalized spacial score (nSPS) is 19.1. The molecule has 0 bridgehead atoms. The summed E-state index contributed by atoms with van der Waals surface area (Å²) >= 11 is 11.4. The minimum atomic E-state index is -0.344. The number of nitrogens with one attached hydrogen (secondary N) is 1. The Morgan fingerprint density at radius 2 is 2.27 bits per heavy atom. The van der Waals surface area contributed by atoms with Crippen LogP contribution in [0.2, 0.25) is 5.02 Å². The van der Waals surface area contributed by atoms with Gasteiger partial charge in [0.1, 0.15) is 5.75 Å². The topological polar surface area (TPSA) is 38.3 Å². The lowest BCUT2D eigenvalue weighted by atomic mass is 10.1. The largest absolute Gasteiger partial charge is 0.470 e. The minimum Gasteiger partial charge on any atom is -0.470 e. The summed E-state index contributed by atoms with van der Waals surface area (Å²) in [5, 5.41) is 3.21. The summed E-state index contributed by atoms with van der Waals surface area (Å²) in [4.78, 5) is 11.6. The van der Waals surface area contributed by atoms with Crippen molar-refractivity contribution in [1.82, 2.24) is 5.32 Å². The van der Waals surface area contributed by atoms with E-state index in [1.165, 1.54) is 0 Å². The first-order valence-electron chi connectivity index (χ1n) is 4.54. The lowest BCUT2D eigenvalue weighted by Gasteiger charge is -2.26. The predicted molar refractivity (Wildman–Crippen MR) is 58.7 cm³/mol. The third kappa shape index (κ3) is 2.19. The molecule has 0 spiro atoms. The number of rotatable bonds is 2. The lowest BCUT2D eigenvalue weighted by Crippen LogP contribution is -2.43. The monoisotopic (exact) mass is 245 g/mol. The highest BCUT2D eigenvalue weighted by atomic mass is 35.5. The maximum Gasteiger partial charge on any atom is 0.257 e. The Morgan fingerprint density at radius 1 is 1.47 bits per heavy atom. The summed E-state index contributed by atoms with van der Waals surface area (Å²) in [7, 11) is 0. The molecule has 0 saturated carbocycles. The van der Waals surface area contributed by atoms with Crippen molar-refractivity contribution in [3.63, 3.8) is 0 Å². The zero-order valence-electron chi connectivity index (χ0n) is 7.80. The highest BCUT2D eigenvalue weighted by Gasteiger charge is 2.24. The molecule has 0 fully saturated rings. The van der Waals surface area contributed by atoms with Crippen LogP contribution in [0.4, 0.5) is 0 Å². The Morgan fingerprint density at radius 3 is 3.00 bits per heavy atom. The molecule has 1 aliphatic heterocycles. The molecule has 15 heavy (non-hydrogen) atoms. The van der Waals surface area contributed by atoms with E-state index in [4.69, 9.17) is 27.9 Å². The quantitative estimate of drug-likeness (QED) is 0.814. The Hall–Kier alpha value is -0.930. The van der Waals surface area contributed by atoms with Gasteiger partial charge in [-0.2, -0.15) is 0 Å². The van der Waals surface area contributed by atoms with Gasteiger partial charge >= 0.3 is 0 Å². The number of halogens is 2. The molecule has 3 nitrogen and oxygen atoms in total. The van der Waals surface area contributed by atoms with E-state index in [1.807, 2.05) is 0 Å². The second kappa shape index (κ2) is 4.29. The Bertz CT molecular complexity index is 395. The van der Waals surface area contributed by atoms with Crippen molar-refractivity contribution in [2.24, 2.45) is 0 Å². The molecule has 1 unspecified atom stereocenters. The van der Waals surface area contributed by atoms with Crippen LogP contribution in [0.15, 0.2) is 18.2 Å². The fourth-order valence-electron chi connectivity index (χ4n) is 1.42. The van der Waals surface area contributed by atoms with Gasteiger partial charge in [-0.25, -0.2) is 0 Å². The number of hydrogen-bond donors (Lipinski definition) is 1. The molecule has 1 atom stereocenters. The van der Waals surface area contributed by atoms with Gasteiger partial charge in [-0.3, -0.25) is 4.79 Å². The highest BCUT2D eigenvalue weighted by Crippen LogP contribution is 2.26. The maximum atomic E-state index is 11.6. The number of benzene rings is 1. The fourth-order valence-corrected chi connectivity index (χ4v) is 1.79. The van der Waals surface area contributed by atoms with E-state index in [9.17, 15) is 4.79 Å². The van der Waals surface area contributed by atoms with Crippen LogP contribution in [-0.2, 0) is 0 Å². The third-order valence-electron chi connectivity index (χ3n) is 2.12. The van der Waals surface area contributed by atoms with E-state index in [2.05, 4.69) is 5.32 Å². The highest BCUT2D eigenvalue weighted by molar-refractivity contribution is 6.31. The molecule has 5 heteroatoms. The first-order valence-corrected chi connectivity index (χ1v) is 5.45. The molecule has 1 heterocycles. The Kier molecular flexibility index (Phi) is 3.03. The summed E-state index contributed by atoms with van der Waals surface area (Å²) in [5.74, 6) is 0.820. The second-order valence-corrected chi connectivity index (χ2v) is 4.01. The van der Waals surface area contributed by atoms with Crippen molar-refractivity contribution in [3.8, 4) is 5.75 Å². The van der Waals surface area contributed by atoms with Crippen LogP contribution in [0, 0.1) is 0 Å². The average Bonchev–Trinajstić information content (AvgIpc) is 2.20. The standard InChI is InChI=1S/C10H9Cl2NO2/c11-4-3-9-13-10(14)7-5-6(12)1-2-8(7)15-9/h1-2,5,9H,3-4H2,(H,13,14). The molecule has 0 aromatic heterocycles. The van der Waals surface area contributed by atoms with Gasteiger partial charge in [0.15, 0.2) is 6.23 Å². The van der Waals surface area contributed by atoms with E-state index in [1.54, 1.807) is 18.2 Å². The number of fused-ring (bicyclic) bond motifs is 1. The molecule has 80 valence electrons. The van der Waals surface area contributed by atoms with Crippen molar-refractivity contribution in [1.29, 1.82) is 0 Å². The molecule has 1 aromatic rings. The number of alkyl halides is 1. The molecule has 1 aromatic carbocycles. The molecule has 2 rings (SSSR count). The van der Waals surface area contributed by atoms with Gasteiger partial charge in [0, 0.05) is 17.3 Å². The van der Waals surface area contributed by atoms with Crippen molar-refractivity contribution < 1.29 is 9.53 Å². The van der Waals surface area contributed by atoms with Crippen LogP contribution in [0.5, 0.6) is 5.75 Å². The van der Waals surface area contributed by atoms with E-state index in [-0.39, 0.29) is 12.1 Å². The van der Waals surface area contributed by atoms with Crippen LogP contribution in [-0.4, -0.2) is 18.0 Å². The van der Waals surface area contributed by atoms with Crippen LogP contribution < -0.4 is 10.1 Å². The van der Waals surface area contributed by atoms with Crippen molar-refractivity contribution in [3.05, 3.63) is 28.8 Å². The average molecular weight is 246 g/mol. The second-order valence-electron chi connectivity index (χ2n) is 3.20. The Balaban J connectivity index is 2.28. The smallest absolute Gasteiger partial charge is 0.257 e. The summed E-state index contributed by atoms with van der Waals surface area (Å²) in [6.45, 7) is 0. The summed E-state index contributed by atoms with van der Waals surface area (Å²) in [6.07, 6.45) is 0.235. The van der Waals surface area contributed by atoms with Crippen LogP contribution in [0.3, 0.4) is 0 Å². The summed E-state index contributed by atoms with van der Waals surface area (Å²) in [5.41, 5.74) is 0.466. The van der Waals surface area contributed by atoms with Crippen LogP contribution >= 0.6 is 23.2 Å². The number of hydrogen-bond acceptors (Lipinski definition) is 2. The minimum absolute atomic E-state index is 0.172. The zero-order chi connectivity index (χ0) is 10.8. The molecular weight excluding hydrogens is 237 g/mol.